The summed E-state index contributed by atoms with van der Waals surface area (Å²) in [6.45, 7) is 3.24. The maximum atomic E-state index is 13.1. The third-order valence-electron chi connectivity index (χ3n) is 3.69. The smallest absolute Gasteiger partial charge is 0.418 e. The number of amides is 1. The average Bonchev–Trinajstić information content (AvgIpc) is 3.24. The van der Waals surface area contributed by atoms with Gasteiger partial charge in [0.1, 0.15) is 5.76 Å². The highest BCUT2D eigenvalue weighted by atomic mass is 35.5. The van der Waals surface area contributed by atoms with Crippen LogP contribution in [0.2, 0.25) is 5.02 Å². The molecular weight excluding hydrogens is 419 g/mol. The van der Waals surface area contributed by atoms with Gasteiger partial charge in [-0.15, -0.1) is 10.2 Å². The van der Waals surface area contributed by atoms with Crippen molar-refractivity contribution in [2.45, 2.75) is 30.5 Å². The van der Waals surface area contributed by atoms with Crippen molar-refractivity contribution in [3.63, 3.8) is 0 Å². The van der Waals surface area contributed by atoms with Crippen LogP contribution in [-0.2, 0) is 11.0 Å². The van der Waals surface area contributed by atoms with Gasteiger partial charge in [-0.1, -0.05) is 23.4 Å². The highest BCUT2D eigenvalue weighted by molar-refractivity contribution is 8.00. The largest absolute Gasteiger partial charge is 0.469 e. The Kier molecular flexibility index (Phi) is 5.71. The van der Waals surface area contributed by atoms with E-state index in [2.05, 4.69) is 15.5 Å². The number of nitrogens with one attached hydrogen (secondary N) is 1. The molecule has 0 aliphatic carbocycles. The summed E-state index contributed by atoms with van der Waals surface area (Å²) in [7, 11) is 0. The van der Waals surface area contributed by atoms with Gasteiger partial charge in [0.05, 0.1) is 28.3 Å². The highest BCUT2D eigenvalue weighted by Crippen LogP contribution is 2.37. The van der Waals surface area contributed by atoms with Crippen molar-refractivity contribution < 1.29 is 26.8 Å². The first kappa shape index (κ1) is 20.3. The van der Waals surface area contributed by atoms with E-state index in [9.17, 15) is 18.0 Å². The Morgan fingerprint density at radius 1 is 1.29 bits per heavy atom. The summed E-state index contributed by atoms with van der Waals surface area (Å²) < 4.78 is 50.1. The summed E-state index contributed by atoms with van der Waals surface area (Å²) in [5.41, 5.74) is -0.789. The van der Waals surface area contributed by atoms with E-state index in [1.54, 1.807) is 13.0 Å². The number of hydrogen-bond acceptors (Lipinski definition) is 6. The van der Waals surface area contributed by atoms with Crippen molar-refractivity contribution in [3.05, 3.63) is 46.9 Å². The lowest BCUT2D eigenvalue weighted by atomic mass is 10.1. The summed E-state index contributed by atoms with van der Waals surface area (Å²) in [4.78, 5) is 12.3. The second-order valence-electron chi connectivity index (χ2n) is 5.70. The highest BCUT2D eigenvalue weighted by Gasteiger charge is 2.34. The number of aromatic nitrogens is 2. The molecule has 0 bridgehead atoms. The topological polar surface area (TPSA) is 81.2 Å². The number of nitrogens with zero attached hydrogens (tertiary/aromatic N) is 2. The fourth-order valence-electron chi connectivity index (χ4n) is 2.27. The fraction of sp³-hybridized carbons (Fsp3) is 0.235. The average molecular weight is 432 g/mol. The number of hydrogen-bond donors (Lipinski definition) is 1. The molecule has 0 saturated heterocycles. The number of rotatable bonds is 5. The van der Waals surface area contributed by atoms with Gasteiger partial charge in [-0.05, 0) is 38.1 Å². The fourth-order valence-corrected chi connectivity index (χ4v) is 3.13. The van der Waals surface area contributed by atoms with Crippen LogP contribution in [0.1, 0.15) is 18.2 Å². The van der Waals surface area contributed by atoms with E-state index in [0.717, 1.165) is 23.9 Å². The lowest BCUT2D eigenvalue weighted by Gasteiger charge is -2.15. The van der Waals surface area contributed by atoms with Gasteiger partial charge >= 0.3 is 6.18 Å². The summed E-state index contributed by atoms with van der Waals surface area (Å²) >= 11 is 6.56. The molecule has 0 spiro atoms. The monoisotopic (exact) mass is 431 g/mol. The van der Waals surface area contributed by atoms with E-state index < -0.39 is 22.9 Å². The third kappa shape index (κ3) is 4.50. The van der Waals surface area contributed by atoms with E-state index in [-0.39, 0.29) is 21.8 Å². The Bertz CT molecular complexity index is 1000. The Hall–Kier alpha value is -2.46. The molecule has 148 valence electrons. The molecule has 0 aliphatic heterocycles. The quantitative estimate of drug-likeness (QED) is 0.542. The predicted molar refractivity (Wildman–Crippen MR) is 97.1 cm³/mol. The third-order valence-corrected chi connectivity index (χ3v) is 4.86. The van der Waals surface area contributed by atoms with Gasteiger partial charge in [0.25, 0.3) is 11.1 Å². The number of furan rings is 1. The number of alkyl halides is 3. The standard InChI is InChI=1S/C17H13ClF3N3O3S/c1-8-11(5-6-26-8)15-23-24-16(27-15)28-9(2)14(25)22-13-4-3-10(18)7-12(13)17(19,20)21/h3-7,9H,1-2H3,(H,22,25). The maximum absolute atomic E-state index is 13.1. The van der Waals surface area contributed by atoms with Gasteiger partial charge in [0.15, 0.2) is 0 Å². The number of carbonyl (C=O) groups is 1. The van der Waals surface area contributed by atoms with Crippen LogP contribution in [0, 0.1) is 6.92 Å². The van der Waals surface area contributed by atoms with Crippen LogP contribution in [0.25, 0.3) is 11.5 Å². The number of thioether (sulfide) groups is 1. The minimum Gasteiger partial charge on any atom is -0.469 e. The molecular formula is C17H13ClF3N3O3S. The molecule has 1 atom stereocenters. The summed E-state index contributed by atoms with van der Waals surface area (Å²) in [5, 5.41) is 9.21. The molecule has 28 heavy (non-hydrogen) atoms. The second kappa shape index (κ2) is 7.88. The number of anilines is 1. The molecule has 6 nitrogen and oxygen atoms in total. The maximum Gasteiger partial charge on any atom is 0.418 e. The van der Waals surface area contributed by atoms with Gasteiger partial charge in [-0.25, -0.2) is 0 Å². The molecule has 1 aromatic carbocycles. The first-order valence-corrected chi connectivity index (χ1v) is 9.13. The summed E-state index contributed by atoms with van der Waals surface area (Å²) in [6.07, 6.45) is -3.18. The Balaban J connectivity index is 1.71. The van der Waals surface area contributed by atoms with Crippen LogP contribution >= 0.6 is 23.4 Å². The molecule has 0 aliphatic rings. The summed E-state index contributed by atoms with van der Waals surface area (Å²) in [5.74, 6) is 0.156. The normalized spacial score (nSPS) is 12.8. The number of aryl methyl sites for hydroxylation is 1. The van der Waals surface area contributed by atoms with Gasteiger partial charge in [0.2, 0.25) is 5.91 Å². The van der Waals surface area contributed by atoms with E-state index in [1.807, 2.05) is 0 Å². The Morgan fingerprint density at radius 3 is 2.68 bits per heavy atom. The van der Waals surface area contributed by atoms with Crippen molar-refractivity contribution in [2.75, 3.05) is 5.32 Å². The van der Waals surface area contributed by atoms with Crippen LogP contribution in [-0.4, -0.2) is 21.4 Å². The first-order valence-electron chi connectivity index (χ1n) is 7.87. The molecule has 11 heteroatoms. The number of halogens is 4. The first-order chi connectivity index (χ1) is 13.1. The molecule has 0 saturated carbocycles. The van der Waals surface area contributed by atoms with Gasteiger partial charge in [-0.3, -0.25) is 4.79 Å². The van der Waals surface area contributed by atoms with Gasteiger partial charge in [0, 0.05) is 5.02 Å². The molecule has 0 radical (unpaired) electrons. The van der Waals surface area contributed by atoms with E-state index >= 15 is 0 Å². The zero-order chi connectivity index (χ0) is 20.5. The van der Waals surface area contributed by atoms with E-state index in [0.29, 0.717) is 11.3 Å². The molecule has 1 N–H and O–H groups in total. The van der Waals surface area contributed by atoms with Crippen LogP contribution < -0.4 is 5.32 Å². The summed E-state index contributed by atoms with van der Waals surface area (Å²) in [6, 6.07) is 4.79. The van der Waals surface area contributed by atoms with E-state index in [4.69, 9.17) is 20.4 Å². The van der Waals surface area contributed by atoms with Crippen molar-refractivity contribution in [1.29, 1.82) is 0 Å². The van der Waals surface area contributed by atoms with Crippen LogP contribution in [0.3, 0.4) is 0 Å². The Labute approximate surface area is 166 Å². The molecule has 2 heterocycles. The second-order valence-corrected chi connectivity index (χ2v) is 7.43. The van der Waals surface area contributed by atoms with Crippen molar-refractivity contribution >= 4 is 35.0 Å². The number of carbonyl (C=O) groups excluding carboxylic acids is 1. The molecule has 2 aromatic heterocycles. The van der Waals surface area contributed by atoms with Gasteiger partial charge < -0.3 is 14.2 Å². The van der Waals surface area contributed by atoms with Crippen molar-refractivity contribution in [2.24, 2.45) is 0 Å². The SMILES string of the molecule is Cc1occc1-c1nnc(SC(C)C(=O)Nc2ccc(Cl)cc2C(F)(F)F)o1. The van der Waals surface area contributed by atoms with Crippen LogP contribution in [0.5, 0.6) is 0 Å². The molecule has 1 amide bonds. The molecule has 3 rings (SSSR count). The van der Waals surface area contributed by atoms with Crippen LogP contribution in [0.15, 0.2) is 44.6 Å². The zero-order valence-electron chi connectivity index (χ0n) is 14.5. The van der Waals surface area contributed by atoms with Crippen LogP contribution in [0.4, 0.5) is 18.9 Å². The van der Waals surface area contributed by atoms with Gasteiger partial charge in [-0.2, -0.15) is 13.2 Å². The Morgan fingerprint density at radius 2 is 2.04 bits per heavy atom. The lowest BCUT2D eigenvalue weighted by Crippen LogP contribution is -2.24. The number of benzene rings is 1. The molecule has 1 unspecified atom stereocenters. The zero-order valence-corrected chi connectivity index (χ0v) is 16.1. The van der Waals surface area contributed by atoms with E-state index in [1.165, 1.54) is 19.3 Å². The lowest BCUT2D eigenvalue weighted by molar-refractivity contribution is -0.137. The molecule has 0 fully saturated rings. The minimum atomic E-state index is -4.66. The van der Waals surface area contributed by atoms with Crippen molar-refractivity contribution in [3.8, 4) is 11.5 Å². The van der Waals surface area contributed by atoms with Crippen molar-refractivity contribution in [1.82, 2.24) is 10.2 Å². The predicted octanol–water partition coefficient (Wildman–Crippen LogP) is 5.43. The molecule has 3 aromatic rings. The minimum absolute atomic E-state index is 0.0827.